The molecule has 0 spiro atoms. The highest BCUT2D eigenvalue weighted by Gasteiger charge is 1.80. The van der Waals surface area contributed by atoms with Gasteiger partial charge in [0, 0.05) is 6.54 Å². The lowest BCUT2D eigenvalue weighted by Crippen LogP contribution is -2.00. The molecule has 0 aliphatic rings. The largest absolute Gasteiger partial charge is 0.234 e. The fourth-order valence-electron chi connectivity index (χ4n) is 0.283. The molecule has 1 nitrogen and oxygen atoms in total. The molecule has 0 fully saturated rings. The second-order valence-corrected chi connectivity index (χ2v) is 2.48. The molecule has 3 heteroatoms. The predicted octanol–water partition coefficient (Wildman–Crippen LogP) is 1.48. The molecule has 44 valence electrons. The van der Waals surface area contributed by atoms with Crippen molar-refractivity contribution >= 4 is 23.5 Å². The fourth-order valence-corrected chi connectivity index (χ4v) is 0.850. The van der Waals surface area contributed by atoms with Gasteiger partial charge in [0.15, 0.2) is 0 Å². The van der Waals surface area contributed by atoms with Crippen molar-refractivity contribution in [3.8, 4) is 0 Å². The van der Waals surface area contributed by atoms with E-state index in [1.165, 1.54) is 5.75 Å². The van der Waals surface area contributed by atoms with Crippen LogP contribution in [0.25, 0.3) is 0 Å². The van der Waals surface area contributed by atoms with Crippen molar-refractivity contribution in [1.29, 1.82) is 0 Å². The lowest BCUT2D eigenvalue weighted by molar-refractivity contribution is 0.879. The van der Waals surface area contributed by atoms with Gasteiger partial charge in [-0.3, -0.25) is 0 Å². The molecule has 0 aliphatic heterocycles. The Morgan fingerprint density at radius 3 is 2.86 bits per heavy atom. The molecular formula is C4H10ClNS. The number of thioether (sulfide) groups is 1. The van der Waals surface area contributed by atoms with Gasteiger partial charge < -0.3 is 0 Å². The summed E-state index contributed by atoms with van der Waals surface area (Å²) in [5, 5.41) is 0. The van der Waals surface area contributed by atoms with Gasteiger partial charge in [0.2, 0.25) is 0 Å². The van der Waals surface area contributed by atoms with E-state index < -0.39 is 0 Å². The first-order valence-corrected chi connectivity index (χ1v) is 4.01. The zero-order chi connectivity index (χ0) is 5.54. The van der Waals surface area contributed by atoms with Crippen LogP contribution >= 0.6 is 23.5 Å². The van der Waals surface area contributed by atoms with Crippen LogP contribution in [0.4, 0.5) is 0 Å². The maximum atomic E-state index is 5.18. The van der Waals surface area contributed by atoms with E-state index in [0.29, 0.717) is 0 Å². The Morgan fingerprint density at radius 1 is 1.71 bits per heavy atom. The lowest BCUT2D eigenvalue weighted by Gasteiger charge is -1.91. The Balaban J connectivity index is 2.45. The van der Waals surface area contributed by atoms with E-state index >= 15 is 0 Å². The van der Waals surface area contributed by atoms with Crippen LogP contribution in [0.2, 0.25) is 0 Å². The maximum absolute atomic E-state index is 5.18. The van der Waals surface area contributed by atoms with Crippen molar-refractivity contribution in [2.45, 2.75) is 6.42 Å². The normalized spacial score (nSPS) is 9.43. The van der Waals surface area contributed by atoms with E-state index in [2.05, 4.69) is 11.1 Å². The van der Waals surface area contributed by atoms with Gasteiger partial charge in [0.1, 0.15) is 0 Å². The Labute approximate surface area is 53.9 Å². The molecule has 1 N–H and O–H groups in total. The van der Waals surface area contributed by atoms with Crippen LogP contribution in [0.15, 0.2) is 0 Å². The zero-order valence-corrected chi connectivity index (χ0v) is 5.98. The average molecular weight is 140 g/mol. The summed E-state index contributed by atoms with van der Waals surface area (Å²) in [6.45, 7) is 0.919. The van der Waals surface area contributed by atoms with Crippen LogP contribution in [-0.4, -0.2) is 18.6 Å². The number of hydrogen-bond acceptors (Lipinski definition) is 2. The second-order valence-electron chi connectivity index (χ2n) is 1.23. The van der Waals surface area contributed by atoms with Crippen LogP contribution in [0, 0.1) is 0 Å². The first-order chi connectivity index (χ1) is 3.41. The summed E-state index contributed by atoms with van der Waals surface area (Å²) in [6, 6.07) is 0. The van der Waals surface area contributed by atoms with E-state index in [1.807, 2.05) is 11.8 Å². The van der Waals surface area contributed by atoms with E-state index in [0.717, 1.165) is 13.0 Å². The van der Waals surface area contributed by atoms with E-state index in [-0.39, 0.29) is 0 Å². The van der Waals surface area contributed by atoms with Crippen molar-refractivity contribution in [2.75, 3.05) is 18.6 Å². The zero-order valence-electron chi connectivity index (χ0n) is 4.41. The van der Waals surface area contributed by atoms with E-state index in [1.54, 1.807) is 0 Å². The Hall–Kier alpha value is 0.600. The minimum absolute atomic E-state index is 0.919. The van der Waals surface area contributed by atoms with Crippen molar-refractivity contribution < 1.29 is 0 Å². The first kappa shape index (κ1) is 7.60. The third kappa shape index (κ3) is 6.60. The van der Waals surface area contributed by atoms with Gasteiger partial charge in [0.05, 0.1) is 0 Å². The molecule has 7 heavy (non-hydrogen) atoms. The standard InChI is InChI=1S/C4H10ClNS/c1-7-4-2-3-6-5/h6H,2-4H2,1H3. The van der Waals surface area contributed by atoms with Gasteiger partial charge in [0.25, 0.3) is 0 Å². The molecule has 0 amide bonds. The molecule has 0 saturated heterocycles. The van der Waals surface area contributed by atoms with Crippen LogP contribution < -0.4 is 4.84 Å². The molecule has 0 aromatic heterocycles. The molecule has 0 atom stereocenters. The summed E-state index contributed by atoms with van der Waals surface area (Å²) in [5.41, 5.74) is 0. The molecule has 0 rings (SSSR count). The minimum Gasteiger partial charge on any atom is -0.234 e. The van der Waals surface area contributed by atoms with Crippen molar-refractivity contribution in [1.82, 2.24) is 4.84 Å². The molecule has 0 aliphatic carbocycles. The molecule has 0 bridgehead atoms. The van der Waals surface area contributed by atoms with Crippen LogP contribution in [0.1, 0.15) is 6.42 Å². The van der Waals surface area contributed by atoms with Gasteiger partial charge in [-0.05, 0) is 30.2 Å². The van der Waals surface area contributed by atoms with Gasteiger partial charge >= 0.3 is 0 Å². The summed E-state index contributed by atoms with van der Waals surface area (Å²) in [5.74, 6) is 1.19. The molecule has 0 aromatic rings. The highest BCUT2D eigenvalue weighted by atomic mass is 35.5. The quantitative estimate of drug-likeness (QED) is 0.468. The highest BCUT2D eigenvalue weighted by molar-refractivity contribution is 7.98. The lowest BCUT2D eigenvalue weighted by atomic mass is 10.5. The number of nitrogens with one attached hydrogen (secondary N) is 1. The Bertz CT molecular complexity index is 30.9. The summed E-state index contributed by atoms with van der Waals surface area (Å²) < 4.78 is 0. The summed E-state index contributed by atoms with van der Waals surface area (Å²) in [4.78, 5) is 2.56. The van der Waals surface area contributed by atoms with Crippen molar-refractivity contribution in [3.05, 3.63) is 0 Å². The van der Waals surface area contributed by atoms with E-state index in [9.17, 15) is 0 Å². The topological polar surface area (TPSA) is 12.0 Å². The molecule has 0 radical (unpaired) electrons. The predicted molar refractivity (Wildman–Crippen MR) is 36.9 cm³/mol. The van der Waals surface area contributed by atoms with Crippen LogP contribution in [-0.2, 0) is 0 Å². The van der Waals surface area contributed by atoms with Gasteiger partial charge in [-0.2, -0.15) is 11.8 Å². The summed E-state index contributed by atoms with van der Waals surface area (Å²) in [6.07, 6.45) is 3.25. The van der Waals surface area contributed by atoms with Crippen LogP contribution in [0.5, 0.6) is 0 Å². The smallest absolute Gasteiger partial charge is 0.0116 e. The summed E-state index contributed by atoms with van der Waals surface area (Å²) >= 11 is 7.02. The monoisotopic (exact) mass is 139 g/mol. The highest BCUT2D eigenvalue weighted by Crippen LogP contribution is 1.92. The van der Waals surface area contributed by atoms with Gasteiger partial charge in [-0.1, -0.05) is 0 Å². The molecule has 0 saturated carbocycles. The molecule has 0 heterocycles. The first-order valence-electron chi connectivity index (χ1n) is 2.24. The number of halogens is 1. The van der Waals surface area contributed by atoms with Gasteiger partial charge in [-0.25, -0.2) is 4.84 Å². The second kappa shape index (κ2) is 6.60. The van der Waals surface area contributed by atoms with E-state index in [4.69, 9.17) is 11.8 Å². The minimum atomic E-state index is 0.919. The van der Waals surface area contributed by atoms with Gasteiger partial charge in [-0.15, -0.1) is 0 Å². The Morgan fingerprint density at radius 2 is 2.43 bits per heavy atom. The number of hydrogen-bond donors (Lipinski definition) is 1. The van der Waals surface area contributed by atoms with Crippen molar-refractivity contribution in [2.24, 2.45) is 0 Å². The Kier molecular flexibility index (Phi) is 7.17. The number of rotatable bonds is 4. The molecular weight excluding hydrogens is 130 g/mol. The third-order valence-electron chi connectivity index (χ3n) is 0.620. The van der Waals surface area contributed by atoms with Crippen molar-refractivity contribution in [3.63, 3.8) is 0 Å². The maximum Gasteiger partial charge on any atom is 0.0116 e. The fraction of sp³-hybridized carbons (Fsp3) is 1.00. The summed E-state index contributed by atoms with van der Waals surface area (Å²) in [7, 11) is 0. The average Bonchev–Trinajstić information content (AvgIpc) is 1.69. The third-order valence-corrected chi connectivity index (χ3v) is 1.51. The molecule has 0 aromatic carbocycles. The SMILES string of the molecule is CSCCCNCl. The molecule has 0 unspecified atom stereocenters. The van der Waals surface area contributed by atoms with Crippen LogP contribution in [0.3, 0.4) is 0 Å².